The van der Waals surface area contributed by atoms with Crippen LogP contribution in [-0.2, 0) is 4.74 Å². The molecule has 0 unspecified atom stereocenters. The van der Waals surface area contributed by atoms with E-state index in [-0.39, 0.29) is 10.6 Å². The van der Waals surface area contributed by atoms with Crippen molar-refractivity contribution in [2.45, 2.75) is 0 Å². The lowest BCUT2D eigenvalue weighted by molar-refractivity contribution is -0.384. The third-order valence-corrected chi connectivity index (χ3v) is 4.68. The van der Waals surface area contributed by atoms with Gasteiger partial charge in [-0.2, -0.15) is 14.9 Å². The second kappa shape index (κ2) is 8.29. The van der Waals surface area contributed by atoms with Crippen molar-refractivity contribution in [2.75, 3.05) is 31.2 Å². The molecule has 148 valence electrons. The molecule has 1 aromatic carbocycles. The molecule has 0 aliphatic carbocycles. The van der Waals surface area contributed by atoms with Crippen molar-refractivity contribution in [3.8, 4) is 11.5 Å². The number of ether oxygens (including phenoxy) is 1. The molecule has 10 nitrogen and oxygen atoms in total. The fraction of sp³-hybridized carbons (Fsp3) is 0.222. The van der Waals surface area contributed by atoms with Gasteiger partial charge in [0.15, 0.2) is 0 Å². The van der Waals surface area contributed by atoms with E-state index in [0.717, 1.165) is 0 Å². The number of rotatable bonds is 5. The Morgan fingerprint density at radius 1 is 1.28 bits per heavy atom. The van der Waals surface area contributed by atoms with Crippen LogP contribution >= 0.6 is 12.2 Å². The van der Waals surface area contributed by atoms with E-state index in [0.29, 0.717) is 53.8 Å². The van der Waals surface area contributed by atoms with Crippen molar-refractivity contribution >= 4 is 29.8 Å². The summed E-state index contributed by atoms with van der Waals surface area (Å²) in [7, 11) is 0. The molecular formula is C18H17N7O3S. The van der Waals surface area contributed by atoms with E-state index in [4.69, 9.17) is 17.0 Å². The molecule has 0 spiro atoms. The zero-order chi connectivity index (χ0) is 20.2. The molecular weight excluding hydrogens is 394 g/mol. The standard InChI is InChI=1S/C18H17N7O3S/c26-25(27)16-11-13(4-5-15(16)23-7-9-28-10-8-23)12-20-24-17(21-22-18(24)29)14-3-1-2-6-19-14/h1-6,11-12H,7-10H2,(H,22,29). The van der Waals surface area contributed by atoms with Crippen LogP contribution in [0.3, 0.4) is 0 Å². The van der Waals surface area contributed by atoms with E-state index in [1.54, 1.807) is 30.5 Å². The van der Waals surface area contributed by atoms with Gasteiger partial charge in [0, 0.05) is 30.9 Å². The highest BCUT2D eigenvalue weighted by Crippen LogP contribution is 2.29. The van der Waals surface area contributed by atoms with Crippen molar-refractivity contribution in [1.82, 2.24) is 19.9 Å². The van der Waals surface area contributed by atoms with Crippen molar-refractivity contribution in [3.05, 3.63) is 63.0 Å². The Labute approximate surface area is 170 Å². The van der Waals surface area contributed by atoms with Crippen molar-refractivity contribution in [3.63, 3.8) is 0 Å². The molecule has 4 rings (SSSR count). The number of nitrogens with zero attached hydrogens (tertiary/aromatic N) is 6. The normalized spacial score (nSPS) is 14.4. The Morgan fingerprint density at radius 2 is 2.10 bits per heavy atom. The Bertz CT molecular complexity index is 1100. The summed E-state index contributed by atoms with van der Waals surface area (Å²) in [6.07, 6.45) is 3.16. The molecule has 1 saturated heterocycles. The van der Waals surface area contributed by atoms with Crippen molar-refractivity contribution in [2.24, 2.45) is 5.10 Å². The Hall–Kier alpha value is -3.44. The van der Waals surface area contributed by atoms with Crippen LogP contribution in [0.25, 0.3) is 11.5 Å². The summed E-state index contributed by atoms with van der Waals surface area (Å²) >= 11 is 5.24. The van der Waals surface area contributed by atoms with Gasteiger partial charge in [-0.05, 0) is 30.4 Å². The van der Waals surface area contributed by atoms with Gasteiger partial charge in [0.05, 0.1) is 24.4 Å². The number of pyridine rings is 1. The van der Waals surface area contributed by atoms with E-state index >= 15 is 0 Å². The lowest BCUT2D eigenvalue weighted by Gasteiger charge is -2.28. The second-order valence-corrected chi connectivity index (χ2v) is 6.62. The van der Waals surface area contributed by atoms with Crippen molar-refractivity contribution in [1.29, 1.82) is 0 Å². The number of nitro groups is 1. The quantitative estimate of drug-likeness (QED) is 0.297. The molecule has 0 saturated carbocycles. The second-order valence-electron chi connectivity index (χ2n) is 6.23. The fourth-order valence-electron chi connectivity index (χ4n) is 3.02. The number of H-pyrrole nitrogens is 1. The van der Waals surface area contributed by atoms with E-state index in [1.165, 1.54) is 17.0 Å². The Kier molecular flexibility index (Phi) is 5.40. The largest absolute Gasteiger partial charge is 0.378 e. The van der Waals surface area contributed by atoms with E-state index in [1.807, 2.05) is 11.0 Å². The number of nitrogens with one attached hydrogen (secondary N) is 1. The number of nitro benzene ring substituents is 1. The first-order chi connectivity index (χ1) is 14.1. The number of morpholine rings is 1. The van der Waals surface area contributed by atoms with Gasteiger partial charge < -0.3 is 9.64 Å². The number of aromatic nitrogens is 4. The van der Waals surface area contributed by atoms with Crippen LogP contribution in [0.1, 0.15) is 5.56 Å². The number of benzene rings is 1. The molecule has 1 aliphatic heterocycles. The average molecular weight is 411 g/mol. The zero-order valence-corrected chi connectivity index (χ0v) is 16.1. The van der Waals surface area contributed by atoms with Crippen LogP contribution in [0.15, 0.2) is 47.7 Å². The van der Waals surface area contributed by atoms with Gasteiger partial charge in [0.1, 0.15) is 11.4 Å². The van der Waals surface area contributed by atoms with Gasteiger partial charge in [-0.1, -0.05) is 12.1 Å². The van der Waals surface area contributed by atoms with Gasteiger partial charge >= 0.3 is 0 Å². The summed E-state index contributed by atoms with van der Waals surface area (Å²) in [5.41, 5.74) is 1.77. The minimum absolute atomic E-state index is 0.0246. The summed E-state index contributed by atoms with van der Waals surface area (Å²) in [4.78, 5) is 17.4. The molecule has 0 amide bonds. The summed E-state index contributed by atoms with van der Waals surface area (Å²) < 4.78 is 7.05. The minimum Gasteiger partial charge on any atom is -0.378 e. The summed E-state index contributed by atoms with van der Waals surface area (Å²) in [6, 6.07) is 10.4. The highest BCUT2D eigenvalue weighted by atomic mass is 32.1. The van der Waals surface area contributed by atoms with Crippen LogP contribution in [0, 0.1) is 14.9 Å². The van der Waals surface area contributed by atoms with Gasteiger partial charge in [0.2, 0.25) is 10.6 Å². The van der Waals surface area contributed by atoms with Crippen molar-refractivity contribution < 1.29 is 9.66 Å². The van der Waals surface area contributed by atoms with E-state index in [9.17, 15) is 10.1 Å². The lowest BCUT2D eigenvalue weighted by Crippen LogP contribution is -2.36. The highest BCUT2D eigenvalue weighted by Gasteiger charge is 2.21. The van der Waals surface area contributed by atoms with Crippen LogP contribution in [0.5, 0.6) is 0 Å². The average Bonchev–Trinajstić information content (AvgIpc) is 3.13. The van der Waals surface area contributed by atoms with Gasteiger partial charge in [-0.3, -0.25) is 15.1 Å². The van der Waals surface area contributed by atoms with Crippen LogP contribution < -0.4 is 4.90 Å². The van der Waals surface area contributed by atoms with Crippen LogP contribution in [0.4, 0.5) is 11.4 Å². The van der Waals surface area contributed by atoms with E-state index < -0.39 is 0 Å². The molecule has 2 aromatic heterocycles. The zero-order valence-electron chi connectivity index (χ0n) is 15.3. The topological polar surface area (TPSA) is 114 Å². The predicted octanol–water partition coefficient (Wildman–Crippen LogP) is 2.63. The molecule has 3 aromatic rings. The first-order valence-electron chi connectivity index (χ1n) is 8.88. The number of aromatic amines is 1. The molecule has 1 fully saturated rings. The maximum Gasteiger partial charge on any atom is 0.293 e. The molecule has 0 atom stereocenters. The predicted molar refractivity (Wildman–Crippen MR) is 110 cm³/mol. The molecule has 11 heteroatoms. The maximum absolute atomic E-state index is 11.6. The van der Waals surface area contributed by atoms with Gasteiger partial charge in [-0.15, -0.1) is 0 Å². The van der Waals surface area contributed by atoms with E-state index in [2.05, 4.69) is 20.3 Å². The third-order valence-electron chi connectivity index (χ3n) is 4.41. The monoisotopic (exact) mass is 411 g/mol. The summed E-state index contributed by atoms with van der Waals surface area (Å²) in [5, 5.41) is 22.8. The number of anilines is 1. The molecule has 1 N–H and O–H groups in total. The SMILES string of the molecule is O=[N+]([O-])c1cc(C=Nn2c(-c3ccccn3)n[nH]c2=S)ccc1N1CCOCC1. The fourth-order valence-corrected chi connectivity index (χ4v) is 3.20. The number of hydrogen-bond acceptors (Lipinski definition) is 8. The molecule has 1 aliphatic rings. The summed E-state index contributed by atoms with van der Waals surface area (Å²) in [6.45, 7) is 2.34. The first kappa shape index (κ1) is 18.9. The Morgan fingerprint density at radius 3 is 2.83 bits per heavy atom. The summed E-state index contributed by atoms with van der Waals surface area (Å²) in [5.74, 6) is 0.450. The molecule has 3 heterocycles. The number of hydrogen-bond donors (Lipinski definition) is 1. The van der Waals surface area contributed by atoms with Gasteiger partial charge in [0.25, 0.3) is 5.69 Å². The highest BCUT2D eigenvalue weighted by molar-refractivity contribution is 7.71. The van der Waals surface area contributed by atoms with Crippen LogP contribution in [-0.4, -0.2) is 57.3 Å². The molecule has 0 bridgehead atoms. The maximum atomic E-state index is 11.6. The Balaban J connectivity index is 1.66. The lowest BCUT2D eigenvalue weighted by atomic mass is 10.1. The smallest absolute Gasteiger partial charge is 0.293 e. The van der Waals surface area contributed by atoms with Gasteiger partial charge in [-0.25, -0.2) is 5.10 Å². The van der Waals surface area contributed by atoms with Crippen LogP contribution in [0.2, 0.25) is 0 Å². The molecule has 0 radical (unpaired) electrons. The molecule has 29 heavy (non-hydrogen) atoms. The minimum atomic E-state index is -0.384. The first-order valence-corrected chi connectivity index (χ1v) is 9.28. The third kappa shape index (κ3) is 4.05.